The molecule has 0 N–H and O–H groups in total. The van der Waals surface area contributed by atoms with Crippen LogP contribution in [0.1, 0.15) is 35.3 Å². The van der Waals surface area contributed by atoms with Crippen molar-refractivity contribution in [3.05, 3.63) is 57.9 Å². The molecule has 2 amide bonds. The molecule has 2 aromatic carbocycles. The summed E-state index contributed by atoms with van der Waals surface area (Å²) >= 11 is 1.44. The third-order valence-electron chi connectivity index (χ3n) is 6.66. The van der Waals surface area contributed by atoms with Crippen LogP contribution in [0.4, 0.5) is 4.79 Å². The number of benzene rings is 2. The molecule has 0 aliphatic carbocycles. The van der Waals surface area contributed by atoms with Gasteiger partial charge in [-0.15, -0.1) is 0 Å². The number of carbonyl (C=O) groups is 2. The van der Waals surface area contributed by atoms with Gasteiger partial charge in [-0.1, -0.05) is 11.3 Å². The zero-order chi connectivity index (χ0) is 28.2. The fourth-order valence-electron chi connectivity index (χ4n) is 4.32. The Hall–Kier alpha value is -3.06. The van der Waals surface area contributed by atoms with E-state index in [4.69, 9.17) is 9.47 Å². The molecule has 0 atom stereocenters. The molecule has 0 spiro atoms. The molecule has 3 aromatic rings. The molecule has 1 aliphatic heterocycles. The molecule has 1 aliphatic rings. The van der Waals surface area contributed by atoms with Crippen LogP contribution in [-0.4, -0.2) is 80.2 Å². The van der Waals surface area contributed by atoms with Gasteiger partial charge < -0.3 is 18.9 Å². The lowest BCUT2D eigenvalue weighted by Crippen LogP contribution is -2.50. The number of rotatable bonds is 8. The van der Waals surface area contributed by atoms with Crippen LogP contribution in [0, 0.1) is 13.8 Å². The lowest BCUT2D eigenvalue weighted by atomic mass is 10.1. The number of sulfonamides is 1. The molecule has 39 heavy (non-hydrogen) atoms. The zero-order valence-electron chi connectivity index (χ0n) is 22.7. The normalized spacial score (nSPS) is 15.2. The first-order chi connectivity index (χ1) is 18.6. The van der Waals surface area contributed by atoms with Gasteiger partial charge in [0.05, 0.1) is 28.3 Å². The number of piperazine rings is 1. The minimum atomic E-state index is -3.77. The molecule has 12 heteroatoms. The second-order valence-corrected chi connectivity index (χ2v) is 12.1. The number of amides is 2. The van der Waals surface area contributed by atoms with E-state index in [2.05, 4.69) is 31.0 Å². The first kappa shape index (κ1) is 28.9. The van der Waals surface area contributed by atoms with Gasteiger partial charge in [0.25, 0.3) is 5.91 Å². The summed E-state index contributed by atoms with van der Waals surface area (Å²) in [6.45, 7) is 10.5. The zero-order valence-corrected chi connectivity index (χ0v) is 24.3. The number of carbonyl (C=O) groups excluding carboxylic acids is 2. The number of aromatic nitrogens is 1. The molecule has 1 saturated heterocycles. The van der Waals surface area contributed by atoms with Crippen LogP contribution in [0.15, 0.2) is 46.3 Å². The largest absolute Gasteiger partial charge is 0.450 e. The SMILES string of the molecule is CCOCCn1c(=NC(=O)c2ccc(S(=O)(=O)N3CCN(C(=O)OCC)CC3)cc2)sc2cc(C)c(C)cc21. The Balaban J connectivity index is 1.55. The molecule has 4 rings (SSSR count). The summed E-state index contributed by atoms with van der Waals surface area (Å²) in [4.78, 5) is 31.6. The summed E-state index contributed by atoms with van der Waals surface area (Å²) in [5, 5.41) is 0. The van der Waals surface area contributed by atoms with E-state index < -0.39 is 22.0 Å². The van der Waals surface area contributed by atoms with Crippen molar-refractivity contribution in [1.29, 1.82) is 0 Å². The molecule has 0 bridgehead atoms. The van der Waals surface area contributed by atoms with Crippen LogP contribution in [0.3, 0.4) is 0 Å². The average Bonchev–Trinajstić information content (AvgIpc) is 3.24. The van der Waals surface area contributed by atoms with Crippen molar-refractivity contribution in [1.82, 2.24) is 13.8 Å². The van der Waals surface area contributed by atoms with Crippen LogP contribution in [0.2, 0.25) is 0 Å². The summed E-state index contributed by atoms with van der Waals surface area (Å²) in [6.07, 6.45) is -0.440. The Morgan fingerprint density at radius 1 is 0.974 bits per heavy atom. The van der Waals surface area contributed by atoms with Crippen molar-refractivity contribution in [2.24, 2.45) is 4.99 Å². The number of nitrogens with zero attached hydrogens (tertiary/aromatic N) is 4. The van der Waals surface area contributed by atoms with E-state index in [-0.39, 0.29) is 37.7 Å². The fourth-order valence-corrected chi connectivity index (χ4v) is 6.88. The number of hydrogen-bond donors (Lipinski definition) is 0. The van der Waals surface area contributed by atoms with E-state index in [1.54, 1.807) is 6.92 Å². The molecule has 0 unspecified atom stereocenters. The van der Waals surface area contributed by atoms with Crippen LogP contribution < -0.4 is 4.80 Å². The average molecular weight is 575 g/mol. The maximum absolute atomic E-state index is 13.2. The van der Waals surface area contributed by atoms with Crippen molar-refractivity contribution in [3.8, 4) is 0 Å². The maximum Gasteiger partial charge on any atom is 0.409 e. The Morgan fingerprint density at radius 3 is 2.28 bits per heavy atom. The standard InChI is InChI=1S/C27H34N4O6S2/c1-5-36-16-15-31-23-17-19(3)20(4)18-24(23)38-26(31)28-25(32)21-7-9-22(10-8-21)39(34,35)30-13-11-29(12-14-30)27(33)37-6-2/h7-10,17-18H,5-6,11-16H2,1-4H3. The van der Waals surface area contributed by atoms with Gasteiger partial charge in [0.2, 0.25) is 10.0 Å². The molecule has 10 nitrogen and oxygen atoms in total. The molecule has 210 valence electrons. The highest BCUT2D eigenvalue weighted by molar-refractivity contribution is 7.89. The summed E-state index contributed by atoms with van der Waals surface area (Å²) < 4.78 is 41.2. The highest BCUT2D eigenvalue weighted by atomic mass is 32.2. The Labute approximate surface area is 232 Å². The van der Waals surface area contributed by atoms with E-state index in [0.29, 0.717) is 30.1 Å². The van der Waals surface area contributed by atoms with Gasteiger partial charge in [0.15, 0.2) is 4.80 Å². The molecular weight excluding hydrogens is 540 g/mol. The minimum Gasteiger partial charge on any atom is -0.450 e. The van der Waals surface area contributed by atoms with E-state index in [9.17, 15) is 18.0 Å². The molecule has 0 radical (unpaired) electrons. The van der Waals surface area contributed by atoms with Crippen LogP contribution >= 0.6 is 11.3 Å². The molecular formula is C27H34N4O6S2. The topological polar surface area (TPSA) is 111 Å². The van der Waals surface area contributed by atoms with Gasteiger partial charge in [-0.3, -0.25) is 4.79 Å². The van der Waals surface area contributed by atoms with Gasteiger partial charge in [-0.2, -0.15) is 9.30 Å². The van der Waals surface area contributed by atoms with Gasteiger partial charge in [-0.25, -0.2) is 13.2 Å². The predicted octanol–water partition coefficient (Wildman–Crippen LogP) is 3.56. The molecule has 2 heterocycles. The van der Waals surface area contributed by atoms with E-state index in [1.807, 2.05) is 11.5 Å². The van der Waals surface area contributed by atoms with Crippen molar-refractivity contribution in [3.63, 3.8) is 0 Å². The van der Waals surface area contributed by atoms with Crippen molar-refractivity contribution < 1.29 is 27.5 Å². The highest BCUT2D eigenvalue weighted by Gasteiger charge is 2.30. The summed E-state index contributed by atoms with van der Waals surface area (Å²) in [7, 11) is -3.77. The Morgan fingerprint density at radius 2 is 1.64 bits per heavy atom. The number of thiazole rings is 1. The number of fused-ring (bicyclic) bond motifs is 1. The quantitative estimate of drug-likeness (QED) is 0.381. The van der Waals surface area contributed by atoms with Crippen LogP contribution in [-0.2, 0) is 26.0 Å². The third-order valence-corrected chi connectivity index (χ3v) is 9.62. The third kappa shape index (κ3) is 6.40. The summed E-state index contributed by atoms with van der Waals surface area (Å²) in [5.41, 5.74) is 3.61. The first-order valence-electron chi connectivity index (χ1n) is 12.9. The van der Waals surface area contributed by atoms with Gasteiger partial charge >= 0.3 is 6.09 Å². The van der Waals surface area contributed by atoms with Crippen LogP contribution in [0.25, 0.3) is 10.2 Å². The lowest BCUT2D eigenvalue weighted by molar-refractivity contribution is 0.0933. The van der Waals surface area contributed by atoms with E-state index >= 15 is 0 Å². The monoisotopic (exact) mass is 574 g/mol. The Bertz CT molecular complexity index is 1520. The minimum absolute atomic E-state index is 0.0863. The second-order valence-electron chi connectivity index (χ2n) is 9.17. The first-order valence-corrected chi connectivity index (χ1v) is 15.2. The number of aryl methyl sites for hydroxylation is 2. The Kier molecular flexibility index (Phi) is 9.21. The van der Waals surface area contributed by atoms with Crippen molar-refractivity contribution in [2.75, 3.05) is 46.0 Å². The fraction of sp³-hybridized carbons (Fsp3) is 0.444. The van der Waals surface area contributed by atoms with Crippen molar-refractivity contribution in [2.45, 2.75) is 39.1 Å². The molecule has 0 saturated carbocycles. The molecule has 1 fully saturated rings. The van der Waals surface area contributed by atoms with Gasteiger partial charge in [-0.05, 0) is 75.2 Å². The second kappa shape index (κ2) is 12.4. The smallest absolute Gasteiger partial charge is 0.409 e. The van der Waals surface area contributed by atoms with E-state index in [0.717, 1.165) is 21.3 Å². The van der Waals surface area contributed by atoms with Gasteiger partial charge in [0.1, 0.15) is 0 Å². The number of hydrogen-bond acceptors (Lipinski definition) is 7. The van der Waals surface area contributed by atoms with Gasteiger partial charge in [0, 0.05) is 44.9 Å². The predicted molar refractivity (Wildman–Crippen MR) is 149 cm³/mol. The summed E-state index contributed by atoms with van der Waals surface area (Å²) in [5.74, 6) is -0.452. The van der Waals surface area contributed by atoms with Crippen molar-refractivity contribution >= 4 is 43.6 Å². The maximum atomic E-state index is 13.2. The lowest BCUT2D eigenvalue weighted by Gasteiger charge is -2.33. The highest BCUT2D eigenvalue weighted by Crippen LogP contribution is 2.23. The number of ether oxygens (including phenoxy) is 2. The summed E-state index contributed by atoms with van der Waals surface area (Å²) in [6, 6.07) is 10.0. The molecule has 1 aromatic heterocycles. The van der Waals surface area contributed by atoms with Crippen LogP contribution in [0.5, 0.6) is 0 Å². The van der Waals surface area contributed by atoms with E-state index in [1.165, 1.54) is 44.8 Å².